The lowest BCUT2D eigenvalue weighted by atomic mass is 10.0. The highest BCUT2D eigenvalue weighted by Gasteiger charge is 2.20. The molecule has 6 nitrogen and oxygen atoms in total. The van der Waals surface area contributed by atoms with Crippen molar-refractivity contribution in [2.45, 2.75) is 26.8 Å². The SMILES string of the molecule is C=CCN(CC=C)C(CNc1ccc(-c2nc(C)cc(=O)[nH]2)cn1)C(C)C. The molecule has 6 heteroatoms. The third-order valence-electron chi connectivity index (χ3n) is 4.36. The Hall–Kier alpha value is -2.73. The summed E-state index contributed by atoms with van der Waals surface area (Å²) in [5.41, 5.74) is 1.30. The normalized spacial score (nSPS) is 12.2. The van der Waals surface area contributed by atoms with Crippen LogP contribution < -0.4 is 10.9 Å². The fourth-order valence-corrected chi connectivity index (χ4v) is 3.03. The Balaban J connectivity index is 2.09. The van der Waals surface area contributed by atoms with Crippen LogP contribution in [0.25, 0.3) is 11.4 Å². The number of anilines is 1. The summed E-state index contributed by atoms with van der Waals surface area (Å²) in [6.07, 6.45) is 5.55. The predicted octanol–water partition coefficient (Wildman–Crippen LogP) is 3.25. The van der Waals surface area contributed by atoms with E-state index in [1.165, 1.54) is 6.07 Å². The number of aromatic nitrogens is 3. The number of H-pyrrole nitrogens is 1. The van der Waals surface area contributed by atoms with Crippen molar-refractivity contribution in [1.82, 2.24) is 19.9 Å². The maximum atomic E-state index is 11.6. The molecule has 0 aliphatic rings. The van der Waals surface area contributed by atoms with Crippen molar-refractivity contribution in [3.05, 3.63) is 65.8 Å². The van der Waals surface area contributed by atoms with Crippen LogP contribution in [0.2, 0.25) is 0 Å². The molecule has 144 valence electrons. The third kappa shape index (κ3) is 5.89. The van der Waals surface area contributed by atoms with E-state index in [4.69, 9.17) is 0 Å². The number of aryl methyl sites for hydroxylation is 1. The Morgan fingerprint density at radius 2 is 1.96 bits per heavy atom. The van der Waals surface area contributed by atoms with E-state index in [1.54, 1.807) is 13.1 Å². The fraction of sp³-hybridized carbons (Fsp3) is 0.381. The van der Waals surface area contributed by atoms with Gasteiger partial charge < -0.3 is 10.3 Å². The van der Waals surface area contributed by atoms with E-state index < -0.39 is 0 Å². The van der Waals surface area contributed by atoms with Gasteiger partial charge in [-0.15, -0.1) is 13.2 Å². The molecule has 1 unspecified atom stereocenters. The summed E-state index contributed by atoms with van der Waals surface area (Å²) in [6.45, 7) is 16.3. The predicted molar refractivity (Wildman–Crippen MR) is 112 cm³/mol. The van der Waals surface area contributed by atoms with Gasteiger partial charge in [-0.05, 0) is 25.0 Å². The Bertz CT molecular complexity index is 800. The summed E-state index contributed by atoms with van der Waals surface area (Å²) in [6, 6.07) is 5.61. The van der Waals surface area contributed by atoms with Gasteiger partial charge >= 0.3 is 0 Å². The van der Waals surface area contributed by atoms with Crippen molar-refractivity contribution in [1.29, 1.82) is 0 Å². The molecule has 2 rings (SSSR count). The topological polar surface area (TPSA) is 73.9 Å². The van der Waals surface area contributed by atoms with Gasteiger partial charge in [0.2, 0.25) is 0 Å². The van der Waals surface area contributed by atoms with Gasteiger partial charge in [0, 0.05) is 49.2 Å². The number of hydrogen-bond donors (Lipinski definition) is 2. The number of pyridine rings is 1. The largest absolute Gasteiger partial charge is 0.368 e. The van der Waals surface area contributed by atoms with E-state index in [0.717, 1.165) is 31.0 Å². The first-order chi connectivity index (χ1) is 12.9. The highest BCUT2D eigenvalue weighted by molar-refractivity contribution is 5.55. The lowest BCUT2D eigenvalue weighted by Gasteiger charge is -2.33. The molecule has 0 saturated heterocycles. The van der Waals surface area contributed by atoms with Gasteiger partial charge in [0.25, 0.3) is 5.56 Å². The summed E-state index contributed by atoms with van der Waals surface area (Å²) in [5.74, 6) is 1.79. The maximum absolute atomic E-state index is 11.6. The van der Waals surface area contributed by atoms with Crippen LogP contribution in [0.4, 0.5) is 5.82 Å². The zero-order valence-electron chi connectivity index (χ0n) is 16.4. The van der Waals surface area contributed by atoms with Crippen LogP contribution in [-0.2, 0) is 0 Å². The minimum atomic E-state index is -0.163. The Morgan fingerprint density at radius 3 is 2.48 bits per heavy atom. The van der Waals surface area contributed by atoms with Crippen LogP contribution in [0.3, 0.4) is 0 Å². The van der Waals surface area contributed by atoms with E-state index in [-0.39, 0.29) is 5.56 Å². The fourth-order valence-electron chi connectivity index (χ4n) is 3.03. The highest BCUT2D eigenvalue weighted by atomic mass is 16.1. The Morgan fingerprint density at radius 1 is 1.26 bits per heavy atom. The first-order valence-electron chi connectivity index (χ1n) is 9.18. The van der Waals surface area contributed by atoms with Crippen molar-refractivity contribution in [2.75, 3.05) is 25.0 Å². The van der Waals surface area contributed by atoms with Gasteiger partial charge in [-0.3, -0.25) is 9.69 Å². The average Bonchev–Trinajstić information content (AvgIpc) is 2.61. The molecule has 0 aliphatic carbocycles. The first kappa shape index (κ1) is 20.6. The molecule has 0 spiro atoms. The summed E-state index contributed by atoms with van der Waals surface area (Å²) >= 11 is 0. The van der Waals surface area contributed by atoms with Crippen molar-refractivity contribution >= 4 is 5.82 Å². The second-order valence-corrected chi connectivity index (χ2v) is 6.89. The quantitative estimate of drug-likeness (QED) is 0.631. The van der Waals surface area contributed by atoms with Crippen LogP contribution in [0.15, 0.2) is 54.5 Å². The van der Waals surface area contributed by atoms with Crippen LogP contribution in [0, 0.1) is 12.8 Å². The minimum Gasteiger partial charge on any atom is -0.368 e. The molecule has 2 aromatic heterocycles. The third-order valence-corrected chi connectivity index (χ3v) is 4.36. The lowest BCUT2D eigenvalue weighted by molar-refractivity contribution is 0.199. The summed E-state index contributed by atoms with van der Waals surface area (Å²) < 4.78 is 0. The number of rotatable bonds is 10. The van der Waals surface area contributed by atoms with E-state index in [0.29, 0.717) is 23.5 Å². The molecule has 0 aliphatic heterocycles. The lowest BCUT2D eigenvalue weighted by Crippen LogP contribution is -2.43. The second-order valence-electron chi connectivity index (χ2n) is 6.89. The molecule has 0 saturated carbocycles. The van der Waals surface area contributed by atoms with Crippen molar-refractivity contribution in [2.24, 2.45) is 5.92 Å². The number of nitrogens with one attached hydrogen (secondary N) is 2. The summed E-state index contributed by atoms with van der Waals surface area (Å²) in [5, 5.41) is 3.41. The standard InChI is InChI=1S/C21H29N5O/c1-6-10-26(11-7-2)18(15(3)4)14-23-19-9-8-17(13-22-19)21-24-16(5)12-20(27)25-21/h6-9,12-13,15,18H,1-2,10-11,14H2,3-5H3,(H,22,23)(H,24,25,27). The van der Waals surface area contributed by atoms with Crippen LogP contribution in [-0.4, -0.2) is 45.5 Å². The van der Waals surface area contributed by atoms with Crippen LogP contribution >= 0.6 is 0 Å². The van der Waals surface area contributed by atoms with Crippen molar-refractivity contribution < 1.29 is 0 Å². The van der Waals surface area contributed by atoms with Gasteiger partial charge in [0.1, 0.15) is 11.6 Å². The molecule has 2 N–H and O–H groups in total. The molecule has 2 aromatic rings. The van der Waals surface area contributed by atoms with Gasteiger partial charge in [-0.1, -0.05) is 26.0 Å². The second kappa shape index (κ2) is 9.83. The molecule has 0 amide bonds. The molecular formula is C21H29N5O. The van der Waals surface area contributed by atoms with Gasteiger partial charge in [0.15, 0.2) is 0 Å². The molecule has 0 fully saturated rings. The Labute approximate surface area is 161 Å². The van der Waals surface area contributed by atoms with E-state index in [1.807, 2.05) is 24.3 Å². The maximum Gasteiger partial charge on any atom is 0.251 e. The van der Waals surface area contributed by atoms with Gasteiger partial charge in [-0.25, -0.2) is 9.97 Å². The summed E-state index contributed by atoms with van der Waals surface area (Å²) in [7, 11) is 0. The number of aromatic amines is 1. The molecule has 0 bridgehead atoms. The molecular weight excluding hydrogens is 338 g/mol. The number of nitrogens with zero attached hydrogens (tertiary/aromatic N) is 3. The molecule has 0 radical (unpaired) electrons. The monoisotopic (exact) mass is 367 g/mol. The van der Waals surface area contributed by atoms with Gasteiger partial charge in [0.05, 0.1) is 0 Å². The molecule has 2 heterocycles. The number of hydrogen-bond acceptors (Lipinski definition) is 5. The summed E-state index contributed by atoms with van der Waals surface area (Å²) in [4.78, 5) is 25.5. The van der Waals surface area contributed by atoms with Crippen molar-refractivity contribution in [3.63, 3.8) is 0 Å². The first-order valence-corrected chi connectivity index (χ1v) is 9.18. The van der Waals surface area contributed by atoms with Gasteiger partial charge in [-0.2, -0.15) is 0 Å². The van der Waals surface area contributed by atoms with E-state index in [2.05, 4.69) is 52.2 Å². The zero-order valence-corrected chi connectivity index (χ0v) is 16.4. The zero-order chi connectivity index (χ0) is 19.8. The smallest absolute Gasteiger partial charge is 0.251 e. The Kier molecular flexibility index (Phi) is 7.49. The van der Waals surface area contributed by atoms with Crippen LogP contribution in [0.1, 0.15) is 19.5 Å². The molecule has 0 aromatic carbocycles. The van der Waals surface area contributed by atoms with Crippen molar-refractivity contribution in [3.8, 4) is 11.4 Å². The highest BCUT2D eigenvalue weighted by Crippen LogP contribution is 2.16. The van der Waals surface area contributed by atoms with E-state index >= 15 is 0 Å². The van der Waals surface area contributed by atoms with Crippen LogP contribution in [0.5, 0.6) is 0 Å². The molecule has 27 heavy (non-hydrogen) atoms. The minimum absolute atomic E-state index is 0.163. The molecule has 1 atom stereocenters. The van der Waals surface area contributed by atoms with E-state index in [9.17, 15) is 4.79 Å². The average molecular weight is 367 g/mol.